The Bertz CT molecular complexity index is 368. The molecule has 1 saturated carbocycles. The van der Waals surface area contributed by atoms with Gasteiger partial charge >= 0.3 is 0 Å². The van der Waals surface area contributed by atoms with E-state index in [1.54, 1.807) is 0 Å². The number of nitrogens with one attached hydrogen (secondary N) is 1. The average Bonchev–Trinajstić information content (AvgIpc) is 2.71. The van der Waals surface area contributed by atoms with Crippen molar-refractivity contribution in [3.8, 4) is 0 Å². The van der Waals surface area contributed by atoms with Crippen LogP contribution in [-0.4, -0.2) is 22.9 Å². The maximum atomic E-state index is 4.46. The summed E-state index contributed by atoms with van der Waals surface area (Å²) in [5.41, 5.74) is 1.44. The van der Waals surface area contributed by atoms with Crippen LogP contribution in [-0.2, 0) is 0 Å². The zero-order chi connectivity index (χ0) is 13.1. The van der Waals surface area contributed by atoms with Crippen molar-refractivity contribution in [2.45, 2.75) is 52.5 Å². The molecule has 0 spiro atoms. The lowest BCUT2D eigenvalue weighted by Crippen LogP contribution is -2.36. The summed E-state index contributed by atoms with van der Waals surface area (Å²) in [6.45, 7) is 11.2. The van der Waals surface area contributed by atoms with Crippen molar-refractivity contribution in [1.29, 1.82) is 0 Å². The molecule has 0 radical (unpaired) electrons. The molecule has 0 saturated heterocycles. The van der Waals surface area contributed by atoms with E-state index in [1.165, 1.54) is 18.5 Å². The second kappa shape index (κ2) is 5.87. The summed E-state index contributed by atoms with van der Waals surface area (Å²) in [6.07, 6.45) is 4.64. The van der Waals surface area contributed by atoms with Gasteiger partial charge in [-0.3, -0.25) is 4.68 Å². The van der Waals surface area contributed by atoms with Gasteiger partial charge in [-0.05, 0) is 57.7 Å². The first kappa shape index (κ1) is 13.6. The lowest BCUT2D eigenvalue weighted by molar-refractivity contribution is 0.229. The molecular formula is C15H27N3. The monoisotopic (exact) mass is 249 g/mol. The van der Waals surface area contributed by atoms with E-state index in [4.69, 9.17) is 0 Å². The fourth-order valence-electron chi connectivity index (χ4n) is 2.81. The fourth-order valence-corrected chi connectivity index (χ4v) is 2.81. The molecule has 0 aromatic carbocycles. The number of hydrogen-bond donors (Lipinski definition) is 1. The third-order valence-electron chi connectivity index (χ3n) is 3.95. The Morgan fingerprint density at radius 1 is 1.33 bits per heavy atom. The van der Waals surface area contributed by atoms with E-state index in [0.717, 1.165) is 30.8 Å². The molecule has 1 aromatic heterocycles. The molecule has 0 amide bonds. The topological polar surface area (TPSA) is 29.9 Å². The van der Waals surface area contributed by atoms with E-state index >= 15 is 0 Å². The van der Waals surface area contributed by atoms with Gasteiger partial charge in [0, 0.05) is 23.9 Å². The Balaban J connectivity index is 1.91. The highest BCUT2D eigenvalue weighted by Crippen LogP contribution is 2.42. The Labute approximate surface area is 111 Å². The molecule has 1 N–H and O–H groups in total. The van der Waals surface area contributed by atoms with Crippen molar-refractivity contribution in [3.63, 3.8) is 0 Å². The van der Waals surface area contributed by atoms with Crippen LogP contribution in [0.3, 0.4) is 0 Å². The molecule has 1 fully saturated rings. The largest absolute Gasteiger partial charge is 0.316 e. The molecule has 2 atom stereocenters. The van der Waals surface area contributed by atoms with Crippen LogP contribution in [0.1, 0.15) is 58.2 Å². The average molecular weight is 249 g/mol. The lowest BCUT2D eigenvalue weighted by Gasteiger charge is -2.37. The van der Waals surface area contributed by atoms with Crippen LogP contribution < -0.4 is 5.32 Å². The maximum absolute atomic E-state index is 4.46. The van der Waals surface area contributed by atoms with Gasteiger partial charge in [-0.25, -0.2) is 0 Å². The Hall–Kier alpha value is -0.830. The number of aromatic nitrogens is 2. The van der Waals surface area contributed by atoms with Crippen molar-refractivity contribution in [3.05, 3.63) is 18.0 Å². The molecular weight excluding hydrogens is 222 g/mol. The Kier molecular flexibility index (Phi) is 4.44. The molecule has 1 aromatic rings. The number of rotatable bonds is 6. The summed E-state index contributed by atoms with van der Waals surface area (Å²) in [7, 11) is 0. The van der Waals surface area contributed by atoms with Crippen molar-refractivity contribution in [2.24, 2.45) is 11.8 Å². The van der Waals surface area contributed by atoms with Gasteiger partial charge in [-0.1, -0.05) is 13.8 Å². The second-order valence-corrected chi connectivity index (χ2v) is 6.29. The van der Waals surface area contributed by atoms with Crippen molar-refractivity contribution in [2.75, 3.05) is 13.1 Å². The summed E-state index contributed by atoms with van der Waals surface area (Å²) in [5.74, 6) is 2.26. The first-order chi connectivity index (χ1) is 8.59. The second-order valence-electron chi connectivity index (χ2n) is 6.29. The summed E-state index contributed by atoms with van der Waals surface area (Å²) in [5, 5.41) is 8.06. The molecule has 3 nitrogen and oxygen atoms in total. The van der Waals surface area contributed by atoms with E-state index in [2.05, 4.69) is 48.9 Å². The summed E-state index contributed by atoms with van der Waals surface area (Å²) < 4.78 is 2.19. The summed E-state index contributed by atoms with van der Waals surface area (Å²) in [4.78, 5) is 0. The van der Waals surface area contributed by atoms with Crippen LogP contribution in [0, 0.1) is 11.8 Å². The highest BCUT2D eigenvalue weighted by molar-refractivity contribution is 5.14. The lowest BCUT2D eigenvalue weighted by atomic mass is 9.71. The smallest absolute Gasteiger partial charge is 0.0492 e. The Morgan fingerprint density at radius 3 is 2.67 bits per heavy atom. The molecule has 2 unspecified atom stereocenters. The van der Waals surface area contributed by atoms with Gasteiger partial charge in [0.25, 0.3) is 0 Å². The van der Waals surface area contributed by atoms with Crippen LogP contribution in [0.25, 0.3) is 0 Å². The normalized spacial score (nSPS) is 23.7. The van der Waals surface area contributed by atoms with E-state index in [9.17, 15) is 0 Å². The van der Waals surface area contributed by atoms with Gasteiger partial charge in [0.2, 0.25) is 0 Å². The van der Waals surface area contributed by atoms with E-state index in [0.29, 0.717) is 6.04 Å². The van der Waals surface area contributed by atoms with Crippen molar-refractivity contribution >= 4 is 0 Å². The third-order valence-corrected chi connectivity index (χ3v) is 3.95. The summed E-state index contributed by atoms with van der Waals surface area (Å²) >= 11 is 0. The molecule has 18 heavy (non-hydrogen) atoms. The molecule has 102 valence electrons. The minimum Gasteiger partial charge on any atom is -0.316 e. The van der Waals surface area contributed by atoms with E-state index in [-0.39, 0.29) is 0 Å². The molecule has 1 aliphatic carbocycles. The molecule has 0 aliphatic heterocycles. The standard InChI is InChI=1S/C15H27N3/c1-11(2)9-16-10-13-5-6-14(13)15-7-8-17-18(15)12(3)4/h7-8,11-14,16H,5-6,9-10H2,1-4H3. The fraction of sp³-hybridized carbons (Fsp3) is 0.800. The number of nitrogens with zero attached hydrogens (tertiary/aromatic N) is 2. The highest BCUT2D eigenvalue weighted by Gasteiger charge is 2.34. The predicted molar refractivity (Wildman–Crippen MR) is 75.8 cm³/mol. The third kappa shape index (κ3) is 2.94. The first-order valence-corrected chi connectivity index (χ1v) is 7.33. The molecule has 1 aliphatic rings. The van der Waals surface area contributed by atoms with Gasteiger partial charge in [0.1, 0.15) is 0 Å². The zero-order valence-electron chi connectivity index (χ0n) is 12.2. The van der Waals surface area contributed by atoms with E-state index in [1.807, 2.05) is 6.20 Å². The number of hydrogen-bond acceptors (Lipinski definition) is 2. The minimum atomic E-state index is 0.472. The van der Waals surface area contributed by atoms with Crippen LogP contribution in [0.5, 0.6) is 0 Å². The molecule has 2 rings (SSSR count). The maximum Gasteiger partial charge on any atom is 0.0492 e. The van der Waals surface area contributed by atoms with Gasteiger partial charge in [0.05, 0.1) is 0 Å². The van der Waals surface area contributed by atoms with Crippen LogP contribution in [0.4, 0.5) is 0 Å². The molecule has 1 heterocycles. The Morgan fingerprint density at radius 2 is 2.11 bits per heavy atom. The van der Waals surface area contributed by atoms with Crippen LogP contribution in [0.2, 0.25) is 0 Å². The van der Waals surface area contributed by atoms with Gasteiger partial charge in [-0.15, -0.1) is 0 Å². The summed E-state index contributed by atoms with van der Waals surface area (Å²) in [6, 6.07) is 2.68. The van der Waals surface area contributed by atoms with Gasteiger partial charge < -0.3 is 5.32 Å². The van der Waals surface area contributed by atoms with Gasteiger partial charge in [-0.2, -0.15) is 5.10 Å². The first-order valence-electron chi connectivity index (χ1n) is 7.33. The quantitative estimate of drug-likeness (QED) is 0.839. The molecule has 0 bridgehead atoms. The highest BCUT2D eigenvalue weighted by atomic mass is 15.3. The SMILES string of the molecule is CC(C)CNCC1CCC1c1ccnn1C(C)C. The zero-order valence-corrected chi connectivity index (χ0v) is 12.2. The van der Waals surface area contributed by atoms with Gasteiger partial charge in [0.15, 0.2) is 0 Å². The van der Waals surface area contributed by atoms with Crippen molar-refractivity contribution in [1.82, 2.24) is 15.1 Å². The van der Waals surface area contributed by atoms with E-state index < -0.39 is 0 Å². The van der Waals surface area contributed by atoms with Crippen LogP contribution in [0.15, 0.2) is 12.3 Å². The predicted octanol–water partition coefficient (Wildman–Crippen LogP) is 3.20. The molecule has 3 heteroatoms. The minimum absolute atomic E-state index is 0.472. The van der Waals surface area contributed by atoms with Crippen molar-refractivity contribution < 1.29 is 0 Å². The van der Waals surface area contributed by atoms with Crippen LogP contribution >= 0.6 is 0 Å².